The van der Waals surface area contributed by atoms with E-state index in [-0.39, 0.29) is 12.4 Å². The highest BCUT2D eigenvalue weighted by Crippen LogP contribution is 2.28. The molecule has 6 heteroatoms. The Balaban J connectivity index is 2.22. The lowest BCUT2D eigenvalue weighted by Crippen LogP contribution is -1.95. The number of fused-ring (bicyclic) bond motifs is 1. The van der Waals surface area contributed by atoms with Gasteiger partial charge in [-0.15, -0.1) is 0 Å². The van der Waals surface area contributed by atoms with Gasteiger partial charge >= 0.3 is 0 Å². The molecule has 19 heavy (non-hydrogen) atoms. The molecule has 0 fully saturated rings. The Labute approximate surface area is 108 Å². The summed E-state index contributed by atoms with van der Waals surface area (Å²) in [6.07, 6.45) is 1.89. The maximum Gasteiger partial charge on any atom is 0.240 e. The van der Waals surface area contributed by atoms with Crippen molar-refractivity contribution in [1.29, 1.82) is 0 Å². The first-order valence-electron chi connectivity index (χ1n) is 5.88. The molecule has 0 amide bonds. The van der Waals surface area contributed by atoms with Gasteiger partial charge in [-0.2, -0.15) is 4.98 Å². The summed E-state index contributed by atoms with van der Waals surface area (Å²) in [6.45, 7) is 2.11. The van der Waals surface area contributed by atoms with Crippen LogP contribution in [0.2, 0.25) is 0 Å². The largest absolute Gasteiger partial charge is 0.348 e. The molecule has 1 aromatic carbocycles. The zero-order chi connectivity index (χ0) is 13.6. The van der Waals surface area contributed by atoms with Gasteiger partial charge in [0.1, 0.15) is 5.82 Å². The van der Waals surface area contributed by atoms with Crippen molar-refractivity contribution in [3.05, 3.63) is 35.6 Å². The molecular weight excluding hydrogens is 247 g/mol. The zero-order valence-corrected chi connectivity index (χ0v) is 10.6. The third-order valence-corrected chi connectivity index (χ3v) is 3.13. The summed E-state index contributed by atoms with van der Waals surface area (Å²) < 4.78 is 20.9. The molecule has 0 saturated carbocycles. The smallest absolute Gasteiger partial charge is 0.240 e. The van der Waals surface area contributed by atoms with E-state index in [0.29, 0.717) is 22.8 Å². The van der Waals surface area contributed by atoms with Gasteiger partial charge < -0.3 is 14.8 Å². The highest BCUT2D eigenvalue weighted by molar-refractivity contribution is 5.88. The number of aromatic nitrogens is 3. The topological polar surface area (TPSA) is 69.9 Å². The standard InChI is InChI=1S/C13H13FN4O/c1-7-6-18(2)12-9(7)3-8(4-10(12)14)13-16-11(5-15)19-17-13/h3-4,6H,5,15H2,1-2H3. The fourth-order valence-electron chi connectivity index (χ4n) is 2.27. The molecule has 5 nitrogen and oxygen atoms in total. The number of aryl methyl sites for hydroxylation is 2. The lowest BCUT2D eigenvalue weighted by molar-refractivity contribution is 0.380. The fraction of sp³-hybridized carbons (Fsp3) is 0.231. The normalized spacial score (nSPS) is 11.4. The molecule has 2 N–H and O–H groups in total. The van der Waals surface area contributed by atoms with Crippen LogP contribution >= 0.6 is 0 Å². The van der Waals surface area contributed by atoms with Crippen molar-refractivity contribution >= 4 is 10.9 Å². The molecule has 0 atom stereocenters. The summed E-state index contributed by atoms with van der Waals surface area (Å²) in [5.41, 5.74) is 7.58. The van der Waals surface area contributed by atoms with Gasteiger partial charge in [0.05, 0.1) is 12.1 Å². The van der Waals surface area contributed by atoms with Crippen LogP contribution in [0.25, 0.3) is 22.3 Å². The van der Waals surface area contributed by atoms with Gasteiger partial charge in [-0.05, 0) is 24.6 Å². The van der Waals surface area contributed by atoms with Gasteiger partial charge in [0.2, 0.25) is 11.7 Å². The monoisotopic (exact) mass is 260 g/mol. The van der Waals surface area contributed by atoms with Crippen LogP contribution in [0.4, 0.5) is 4.39 Å². The van der Waals surface area contributed by atoms with E-state index in [0.717, 1.165) is 10.9 Å². The van der Waals surface area contributed by atoms with Crippen LogP contribution < -0.4 is 5.73 Å². The van der Waals surface area contributed by atoms with E-state index in [4.69, 9.17) is 10.3 Å². The van der Waals surface area contributed by atoms with E-state index in [1.807, 2.05) is 26.2 Å². The van der Waals surface area contributed by atoms with E-state index in [1.165, 1.54) is 6.07 Å². The van der Waals surface area contributed by atoms with Crippen LogP contribution in [-0.2, 0) is 13.6 Å². The number of nitrogens with two attached hydrogens (primary N) is 1. The second kappa shape index (κ2) is 4.17. The molecule has 0 spiro atoms. The van der Waals surface area contributed by atoms with E-state index < -0.39 is 0 Å². The Hall–Kier alpha value is -2.21. The Bertz CT molecular complexity index is 759. The van der Waals surface area contributed by atoms with E-state index in [2.05, 4.69) is 10.1 Å². The third-order valence-electron chi connectivity index (χ3n) is 3.13. The Morgan fingerprint density at radius 2 is 2.21 bits per heavy atom. The molecule has 0 aliphatic rings. The van der Waals surface area contributed by atoms with Gasteiger partial charge in [-0.25, -0.2) is 4.39 Å². The minimum Gasteiger partial charge on any atom is -0.348 e. The SMILES string of the molecule is Cc1cn(C)c2c(F)cc(-c3noc(CN)n3)cc12. The van der Waals surface area contributed by atoms with Gasteiger partial charge in [0.15, 0.2) is 0 Å². The average molecular weight is 260 g/mol. The number of hydrogen-bond donors (Lipinski definition) is 1. The predicted molar refractivity (Wildman–Crippen MR) is 68.8 cm³/mol. The van der Waals surface area contributed by atoms with Gasteiger partial charge in [0, 0.05) is 24.2 Å². The first kappa shape index (κ1) is 11.9. The third kappa shape index (κ3) is 1.80. The Morgan fingerprint density at radius 1 is 1.42 bits per heavy atom. The molecule has 3 aromatic rings. The highest BCUT2D eigenvalue weighted by atomic mass is 19.1. The highest BCUT2D eigenvalue weighted by Gasteiger charge is 2.14. The van der Waals surface area contributed by atoms with Crippen LogP contribution in [0.15, 0.2) is 22.9 Å². The lowest BCUT2D eigenvalue weighted by Gasteiger charge is -2.01. The zero-order valence-electron chi connectivity index (χ0n) is 10.6. The van der Waals surface area contributed by atoms with Crippen molar-refractivity contribution in [3.8, 4) is 11.4 Å². The number of halogens is 1. The van der Waals surface area contributed by atoms with Crippen molar-refractivity contribution < 1.29 is 8.91 Å². The Morgan fingerprint density at radius 3 is 2.89 bits per heavy atom. The van der Waals surface area contributed by atoms with Crippen LogP contribution in [-0.4, -0.2) is 14.7 Å². The number of nitrogens with zero attached hydrogens (tertiary/aromatic N) is 3. The number of rotatable bonds is 2. The average Bonchev–Trinajstić information content (AvgIpc) is 2.95. The minimum absolute atomic E-state index is 0.169. The molecule has 3 rings (SSSR count). The molecule has 2 aromatic heterocycles. The van der Waals surface area contributed by atoms with Gasteiger partial charge in [-0.3, -0.25) is 0 Å². The molecule has 0 bridgehead atoms. The first-order valence-corrected chi connectivity index (χ1v) is 5.88. The molecule has 0 unspecified atom stereocenters. The molecule has 0 aliphatic heterocycles. The van der Waals surface area contributed by atoms with Gasteiger partial charge in [0.25, 0.3) is 0 Å². The van der Waals surface area contributed by atoms with Crippen LogP contribution in [0.3, 0.4) is 0 Å². The summed E-state index contributed by atoms with van der Waals surface area (Å²) in [6, 6.07) is 3.27. The minimum atomic E-state index is -0.304. The Kier molecular flexibility index (Phi) is 2.60. The molecule has 98 valence electrons. The van der Waals surface area contributed by atoms with Crippen molar-refractivity contribution in [1.82, 2.24) is 14.7 Å². The molecule has 2 heterocycles. The molecule has 0 saturated heterocycles. The second-order valence-corrected chi connectivity index (χ2v) is 4.49. The van der Waals surface area contributed by atoms with Crippen LogP contribution in [0, 0.1) is 12.7 Å². The van der Waals surface area contributed by atoms with Crippen molar-refractivity contribution in [2.24, 2.45) is 12.8 Å². The van der Waals surface area contributed by atoms with E-state index in [9.17, 15) is 4.39 Å². The lowest BCUT2D eigenvalue weighted by atomic mass is 10.1. The number of benzene rings is 1. The van der Waals surface area contributed by atoms with Crippen LogP contribution in [0.5, 0.6) is 0 Å². The molecule has 0 radical (unpaired) electrons. The van der Waals surface area contributed by atoms with E-state index >= 15 is 0 Å². The summed E-state index contributed by atoms with van der Waals surface area (Å²) in [5, 5.41) is 4.65. The maximum atomic E-state index is 14.2. The van der Waals surface area contributed by atoms with Crippen molar-refractivity contribution in [3.63, 3.8) is 0 Å². The van der Waals surface area contributed by atoms with E-state index in [1.54, 1.807) is 4.57 Å². The fourth-order valence-corrected chi connectivity index (χ4v) is 2.27. The van der Waals surface area contributed by atoms with Crippen molar-refractivity contribution in [2.45, 2.75) is 13.5 Å². The molecular formula is C13H13FN4O. The summed E-state index contributed by atoms with van der Waals surface area (Å²) in [5.74, 6) is 0.381. The quantitative estimate of drug-likeness (QED) is 0.766. The first-order chi connectivity index (χ1) is 9.10. The number of hydrogen-bond acceptors (Lipinski definition) is 4. The summed E-state index contributed by atoms with van der Waals surface area (Å²) in [7, 11) is 1.82. The maximum absolute atomic E-state index is 14.2. The predicted octanol–water partition coefficient (Wildman–Crippen LogP) is 2.13. The molecule has 0 aliphatic carbocycles. The summed E-state index contributed by atoms with van der Waals surface area (Å²) >= 11 is 0. The van der Waals surface area contributed by atoms with Gasteiger partial charge in [-0.1, -0.05) is 5.16 Å². The second-order valence-electron chi connectivity index (χ2n) is 4.49. The summed E-state index contributed by atoms with van der Waals surface area (Å²) in [4.78, 5) is 4.11. The van der Waals surface area contributed by atoms with Crippen LogP contribution in [0.1, 0.15) is 11.5 Å². The van der Waals surface area contributed by atoms with Crippen molar-refractivity contribution in [2.75, 3.05) is 0 Å².